The van der Waals surface area contributed by atoms with E-state index < -0.39 is 0 Å². The Balaban J connectivity index is 2.49. The SMILES string of the molecule is CC1CCCC1C(=O)NC(C)(C)CCl. The van der Waals surface area contributed by atoms with Crippen molar-refractivity contribution in [3.05, 3.63) is 0 Å². The van der Waals surface area contributed by atoms with Crippen LogP contribution in [0.2, 0.25) is 0 Å². The van der Waals surface area contributed by atoms with Crippen molar-refractivity contribution in [2.24, 2.45) is 11.8 Å². The Bertz CT molecular complexity index is 215. The number of carbonyl (C=O) groups is 1. The summed E-state index contributed by atoms with van der Waals surface area (Å²) in [4.78, 5) is 11.9. The monoisotopic (exact) mass is 217 g/mol. The summed E-state index contributed by atoms with van der Waals surface area (Å²) in [6.45, 7) is 6.07. The third-order valence-electron chi connectivity index (χ3n) is 2.99. The van der Waals surface area contributed by atoms with Gasteiger partial charge in [0.2, 0.25) is 5.91 Å². The molecule has 0 aromatic rings. The van der Waals surface area contributed by atoms with Crippen LogP contribution < -0.4 is 5.32 Å². The van der Waals surface area contributed by atoms with E-state index in [1.54, 1.807) is 0 Å². The summed E-state index contributed by atoms with van der Waals surface area (Å²) in [6, 6.07) is 0. The molecule has 1 rings (SSSR count). The fraction of sp³-hybridized carbons (Fsp3) is 0.909. The summed E-state index contributed by atoms with van der Waals surface area (Å²) in [6.07, 6.45) is 3.39. The van der Waals surface area contributed by atoms with Crippen molar-refractivity contribution in [1.82, 2.24) is 5.32 Å². The number of carbonyl (C=O) groups excluding carboxylic acids is 1. The quantitative estimate of drug-likeness (QED) is 0.724. The fourth-order valence-electron chi connectivity index (χ4n) is 1.99. The standard InChI is InChI=1S/C11H20ClNO/c1-8-5-4-6-9(8)10(14)13-11(2,3)7-12/h8-9H,4-7H2,1-3H3,(H,13,14). The molecule has 0 bridgehead atoms. The van der Waals surface area contributed by atoms with Crippen molar-refractivity contribution in [2.75, 3.05) is 5.88 Å². The van der Waals surface area contributed by atoms with Gasteiger partial charge in [0.05, 0.1) is 0 Å². The average molecular weight is 218 g/mol. The molecule has 82 valence electrons. The Morgan fingerprint density at radius 2 is 2.14 bits per heavy atom. The summed E-state index contributed by atoms with van der Waals surface area (Å²) in [7, 11) is 0. The maximum atomic E-state index is 11.9. The first-order chi connectivity index (χ1) is 6.46. The molecule has 0 radical (unpaired) electrons. The second-order valence-corrected chi connectivity index (χ2v) is 5.29. The van der Waals surface area contributed by atoms with Gasteiger partial charge in [-0.3, -0.25) is 4.79 Å². The predicted molar refractivity (Wildman–Crippen MR) is 59.4 cm³/mol. The number of amides is 1. The zero-order valence-electron chi connectivity index (χ0n) is 9.27. The molecular weight excluding hydrogens is 198 g/mol. The van der Waals surface area contributed by atoms with E-state index in [2.05, 4.69) is 12.2 Å². The summed E-state index contributed by atoms with van der Waals surface area (Å²) >= 11 is 5.77. The first-order valence-corrected chi connectivity index (χ1v) is 5.88. The first kappa shape index (κ1) is 11.8. The maximum absolute atomic E-state index is 11.9. The molecule has 0 heterocycles. The zero-order chi connectivity index (χ0) is 10.8. The molecule has 14 heavy (non-hydrogen) atoms. The van der Waals surface area contributed by atoms with Crippen LogP contribution in [0.1, 0.15) is 40.0 Å². The van der Waals surface area contributed by atoms with E-state index in [0.29, 0.717) is 11.8 Å². The van der Waals surface area contributed by atoms with E-state index >= 15 is 0 Å². The molecule has 2 nitrogen and oxygen atoms in total. The van der Waals surface area contributed by atoms with Gasteiger partial charge in [-0.15, -0.1) is 11.6 Å². The van der Waals surface area contributed by atoms with E-state index in [1.165, 1.54) is 12.8 Å². The molecule has 0 aromatic heterocycles. The molecule has 1 aliphatic rings. The highest BCUT2D eigenvalue weighted by Crippen LogP contribution is 2.31. The van der Waals surface area contributed by atoms with Gasteiger partial charge in [0.15, 0.2) is 0 Å². The van der Waals surface area contributed by atoms with Crippen LogP contribution in [-0.2, 0) is 4.79 Å². The summed E-state index contributed by atoms with van der Waals surface area (Å²) in [5.41, 5.74) is -0.277. The van der Waals surface area contributed by atoms with E-state index in [-0.39, 0.29) is 17.4 Å². The van der Waals surface area contributed by atoms with Crippen LogP contribution in [0.3, 0.4) is 0 Å². The van der Waals surface area contributed by atoms with Crippen molar-refractivity contribution in [3.63, 3.8) is 0 Å². The lowest BCUT2D eigenvalue weighted by atomic mass is 9.96. The highest BCUT2D eigenvalue weighted by molar-refractivity contribution is 6.18. The zero-order valence-corrected chi connectivity index (χ0v) is 10.0. The molecular formula is C11H20ClNO. The van der Waals surface area contributed by atoms with Crippen molar-refractivity contribution in [3.8, 4) is 0 Å². The minimum Gasteiger partial charge on any atom is -0.350 e. The first-order valence-electron chi connectivity index (χ1n) is 5.34. The van der Waals surface area contributed by atoms with Gasteiger partial charge in [0.25, 0.3) is 0 Å². The Hall–Kier alpha value is -0.240. The number of hydrogen-bond acceptors (Lipinski definition) is 1. The van der Waals surface area contributed by atoms with Crippen LogP contribution in [0.4, 0.5) is 0 Å². The Morgan fingerprint density at radius 3 is 2.57 bits per heavy atom. The second-order valence-electron chi connectivity index (χ2n) is 5.02. The molecule has 0 aromatic carbocycles. The van der Waals surface area contributed by atoms with Crippen molar-refractivity contribution in [2.45, 2.75) is 45.6 Å². The average Bonchev–Trinajstić information content (AvgIpc) is 2.51. The summed E-state index contributed by atoms with van der Waals surface area (Å²) in [5, 5.41) is 3.01. The Labute approximate surface area is 91.4 Å². The number of nitrogens with one attached hydrogen (secondary N) is 1. The third kappa shape index (κ3) is 2.88. The number of halogens is 1. The van der Waals surface area contributed by atoms with Crippen molar-refractivity contribution in [1.29, 1.82) is 0 Å². The van der Waals surface area contributed by atoms with E-state index in [1.807, 2.05) is 13.8 Å². The highest BCUT2D eigenvalue weighted by atomic mass is 35.5. The maximum Gasteiger partial charge on any atom is 0.223 e. The lowest BCUT2D eigenvalue weighted by Gasteiger charge is -2.26. The molecule has 0 aliphatic heterocycles. The fourth-order valence-corrected chi connectivity index (χ4v) is 2.06. The molecule has 2 unspecified atom stereocenters. The molecule has 1 saturated carbocycles. The van der Waals surface area contributed by atoms with E-state index in [0.717, 1.165) is 6.42 Å². The van der Waals surface area contributed by atoms with Gasteiger partial charge in [-0.05, 0) is 32.6 Å². The summed E-state index contributed by atoms with van der Waals surface area (Å²) < 4.78 is 0. The van der Waals surface area contributed by atoms with E-state index in [9.17, 15) is 4.79 Å². The van der Waals surface area contributed by atoms with Crippen molar-refractivity contribution >= 4 is 17.5 Å². The van der Waals surface area contributed by atoms with Gasteiger partial charge in [-0.25, -0.2) is 0 Å². The van der Waals surface area contributed by atoms with E-state index in [4.69, 9.17) is 11.6 Å². The number of rotatable bonds is 3. The van der Waals surface area contributed by atoms with Crippen LogP contribution in [0.25, 0.3) is 0 Å². The predicted octanol–water partition coefficient (Wildman–Crippen LogP) is 2.56. The number of hydrogen-bond donors (Lipinski definition) is 1. The lowest BCUT2D eigenvalue weighted by Crippen LogP contribution is -2.47. The summed E-state index contributed by atoms with van der Waals surface area (Å²) in [5.74, 6) is 1.37. The molecule has 1 aliphatic carbocycles. The molecule has 2 atom stereocenters. The van der Waals surface area contributed by atoms with Crippen LogP contribution >= 0.6 is 11.6 Å². The molecule has 3 heteroatoms. The Kier molecular flexibility index (Phi) is 3.82. The van der Waals surface area contributed by atoms with Crippen LogP contribution in [-0.4, -0.2) is 17.3 Å². The topological polar surface area (TPSA) is 29.1 Å². The molecule has 1 N–H and O–H groups in total. The molecule has 0 saturated heterocycles. The molecule has 1 fully saturated rings. The Morgan fingerprint density at radius 1 is 1.50 bits per heavy atom. The minimum atomic E-state index is -0.277. The van der Waals surface area contributed by atoms with Gasteiger partial charge in [-0.1, -0.05) is 13.3 Å². The third-order valence-corrected chi connectivity index (χ3v) is 3.66. The van der Waals surface area contributed by atoms with Gasteiger partial charge < -0.3 is 5.32 Å². The van der Waals surface area contributed by atoms with Gasteiger partial charge in [-0.2, -0.15) is 0 Å². The van der Waals surface area contributed by atoms with Gasteiger partial charge >= 0.3 is 0 Å². The smallest absolute Gasteiger partial charge is 0.223 e. The van der Waals surface area contributed by atoms with Crippen LogP contribution in [0, 0.1) is 11.8 Å². The second kappa shape index (κ2) is 4.52. The molecule has 0 spiro atoms. The normalized spacial score (nSPS) is 27.7. The van der Waals surface area contributed by atoms with Gasteiger partial charge in [0.1, 0.15) is 0 Å². The minimum absolute atomic E-state index is 0.181. The van der Waals surface area contributed by atoms with Crippen LogP contribution in [0.5, 0.6) is 0 Å². The lowest BCUT2D eigenvalue weighted by molar-refractivity contribution is -0.127. The largest absolute Gasteiger partial charge is 0.350 e. The molecule has 1 amide bonds. The highest BCUT2D eigenvalue weighted by Gasteiger charge is 2.32. The van der Waals surface area contributed by atoms with Gasteiger partial charge in [0, 0.05) is 17.3 Å². The number of alkyl halides is 1. The van der Waals surface area contributed by atoms with Crippen molar-refractivity contribution < 1.29 is 4.79 Å². The van der Waals surface area contributed by atoms with Crippen LogP contribution in [0.15, 0.2) is 0 Å².